The van der Waals surface area contributed by atoms with Gasteiger partial charge in [-0.05, 0) is 31.2 Å². The zero-order valence-corrected chi connectivity index (χ0v) is 12.3. The molecule has 0 aliphatic carbocycles. The summed E-state index contributed by atoms with van der Waals surface area (Å²) in [5.41, 5.74) is 0.554. The third kappa shape index (κ3) is 4.06. The Morgan fingerprint density at radius 3 is 2.90 bits per heavy atom. The number of thiophene rings is 1. The molecule has 2 rings (SSSR count). The molecule has 1 amide bonds. The second-order valence-electron chi connectivity index (χ2n) is 4.31. The number of amides is 1. The molecule has 6 heteroatoms. The average molecular weight is 305 g/mol. The minimum absolute atomic E-state index is 0.0971. The topological polar surface area (TPSA) is 70.8 Å². The summed E-state index contributed by atoms with van der Waals surface area (Å²) in [5.74, 6) is -0.379. The molecule has 0 spiro atoms. The number of carbonyl (C=O) groups excluding carboxylic acids is 1. The van der Waals surface area contributed by atoms with Gasteiger partial charge in [0, 0.05) is 22.9 Å². The standard InChI is InChI=1S/C15H15NO4S/c1-2-16(9-12-4-3-7-20-12)15(19)11-8-13(21-10-11)5-6-14(17)18/h3-8,10H,2,9H2,1H3,(H,17,18). The Labute approximate surface area is 126 Å². The maximum Gasteiger partial charge on any atom is 0.328 e. The van der Waals surface area contributed by atoms with Crippen LogP contribution in [0.15, 0.2) is 40.3 Å². The first-order valence-electron chi connectivity index (χ1n) is 6.41. The first-order valence-corrected chi connectivity index (χ1v) is 7.29. The molecule has 2 aromatic rings. The fourth-order valence-electron chi connectivity index (χ4n) is 1.81. The highest BCUT2D eigenvalue weighted by Crippen LogP contribution is 2.19. The zero-order valence-electron chi connectivity index (χ0n) is 11.5. The van der Waals surface area contributed by atoms with E-state index in [4.69, 9.17) is 9.52 Å². The maximum absolute atomic E-state index is 12.4. The fourth-order valence-corrected chi connectivity index (χ4v) is 2.58. The minimum atomic E-state index is -1.01. The van der Waals surface area contributed by atoms with Crippen LogP contribution < -0.4 is 0 Å². The van der Waals surface area contributed by atoms with Gasteiger partial charge >= 0.3 is 5.97 Å². The Morgan fingerprint density at radius 2 is 2.29 bits per heavy atom. The number of rotatable bonds is 6. The SMILES string of the molecule is CCN(Cc1ccco1)C(=O)c1csc(C=CC(=O)O)c1. The molecule has 0 fully saturated rings. The van der Waals surface area contributed by atoms with E-state index in [1.807, 2.05) is 13.0 Å². The molecule has 2 heterocycles. The summed E-state index contributed by atoms with van der Waals surface area (Å²) in [6.45, 7) is 2.88. The summed E-state index contributed by atoms with van der Waals surface area (Å²) < 4.78 is 5.25. The molecule has 0 aliphatic rings. The van der Waals surface area contributed by atoms with E-state index in [0.29, 0.717) is 18.7 Å². The summed E-state index contributed by atoms with van der Waals surface area (Å²) in [4.78, 5) is 25.3. The van der Waals surface area contributed by atoms with Crippen LogP contribution in [0.5, 0.6) is 0 Å². The molecule has 1 N–H and O–H groups in total. The van der Waals surface area contributed by atoms with E-state index in [9.17, 15) is 9.59 Å². The van der Waals surface area contributed by atoms with Gasteiger partial charge in [-0.1, -0.05) is 0 Å². The molecule has 2 aromatic heterocycles. The highest BCUT2D eigenvalue weighted by molar-refractivity contribution is 7.11. The van der Waals surface area contributed by atoms with Crippen molar-refractivity contribution < 1.29 is 19.1 Å². The van der Waals surface area contributed by atoms with Crippen LogP contribution in [-0.4, -0.2) is 28.4 Å². The van der Waals surface area contributed by atoms with Crippen LogP contribution in [-0.2, 0) is 11.3 Å². The molecule has 0 saturated heterocycles. The lowest BCUT2D eigenvalue weighted by atomic mass is 10.2. The highest BCUT2D eigenvalue weighted by Gasteiger charge is 2.16. The first kappa shape index (κ1) is 15.1. The average Bonchev–Trinajstić information content (AvgIpc) is 3.13. The Kier molecular flexibility index (Phi) is 4.94. The van der Waals surface area contributed by atoms with Crippen LogP contribution in [0.4, 0.5) is 0 Å². The molecular formula is C15H15NO4S. The Bertz CT molecular complexity index is 642. The van der Waals surface area contributed by atoms with Gasteiger partial charge in [-0.3, -0.25) is 4.79 Å². The second kappa shape index (κ2) is 6.90. The zero-order chi connectivity index (χ0) is 15.2. The summed E-state index contributed by atoms with van der Waals surface area (Å²) in [7, 11) is 0. The van der Waals surface area contributed by atoms with Crippen molar-refractivity contribution in [3.63, 3.8) is 0 Å². The highest BCUT2D eigenvalue weighted by atomic mass is 32.1. The number of hydrogen-bond acceptors (Lipinski definition) is 4. The third-order valence-corrected chi connectivity index (χ3v) is 3.75. The third-order valence-electron chi connectivity index (χ3n) is 2.85. The first-order chi connectivity index (χ1) is 10.1. The quantitative estimate of drug-likeness (QED) is 0.832. The van der Waals surface area contributed by atoms with Crippen molar-refractivity contribution in [1.29, 1.82) is 0 Å². The molecule has 0 bridgehead atoms. The van der Waals surface area contributed by atoms with Crippen LogP contribution in [0, 0.1) is 0 Å². The molecule has 5 nitrogen and oxygen atoms in total. The van der Waals surface area contributed by atoms with Gasteiger partial charge in [0.2, 0.25) is 0 Å². The minimum Gasteiger partial charge on any atom is -0.478 e. The van der Waals surface area contributed by atoms with E-state index in [0.717, 1.165) is 16.7 Å². The number of aliphatic carboxylic acids is 1. The predicted molar refractivity (Wildman–Crippen MR) is 80.1 cm³/mol. The van der Waals surface area contributed by atoms with Gasteiger partial charge in [-0.2, -0.15) is 0 Å². The number of nitrogens with zero attached hydrogens (tertiary/aromatic N) is 1. The van der Waals surface area contributed by atoms with E-state index < -0.39 is 5.97 Å². The van der Waals surface area contributed by atoms with Crippen LogP contribution >= 0.6 is 11.3 Å². The lowest BCUT2D eigenvalue weighted by Gasteiger charge is -2.18. The lowest BCUT2D eigenvalue weighted by molar-refractivity contribution is -0.131. The Balaban J connectivity index is 2.09. The van der Waals surface area contributed by atoms with Crippen LogP contribution in [0.25, 0.3) is 6.08 Å². The molecule has 0 aliphatic heterocycles. The van der Waals surface area contributed by atoms with E-state index in [1.165, 1.54) is 17.4 Å². The van der Waals surface area contributed by atoms with Gasteiger partial charge in [-0.15, -0.1) is 11.3 Å². The second-order valence-corrected chi connectivity index (χ2v) is 5.25. The Hall–Kier alpha value is -2.34. The lowest BCUT2D eigenvalue weighted by Crippen LogP contribution is -2.29. The van der Waals surface area contributed by atoms with Crippen LogP contribution in [0.2, 0.25) is 0 Å². The summed E-state index contributed by atoms with van der Waals surface area (Å²) in [6, 6.07) is 5.30. The summed E-state index contributed by atoms with van der Waals surface area (Å²) in [6.07, 6.45) is 4.11. The molecular weight excluding hydrogens is 290 g/mol. The molecule has 0 radical (unpaired) electrons. The number of carboxylic acid groups (broad SMARTS) is 1. The molecule has 0 atom stereocenters. The van der Waals surface area contributed by atoms with E-state index in [-0.39, 0.29) is 5.91 Å². The largest absolute Gasteiger partial charge is 0.478 e. The van der Waals surface area contributed by atoms with Crippen molar-refractivity contribution in [2.75, 3.05) is 6.54 Å². The van der Waals surface area contributed by atoms with Gasteiger partial charge in [0.25, 0.3) is 5.91 Å². The molecule has 0 unspecified atom stereocenters. The van der Waals surface area contributed by atoms with Crippen LogP contribution in [0.1, 0.15) is 27.9 Å². The number of carbonyl (C=O) groups is 2. The Morgan fingerprint density at radius 1 is 1.48 bits per heavy atom. The van der Waals surface area contributed by atoms with Gasteiger partial charge in [0.05, 0.1) is 18.4 Å². The number of furan rings is 1. The van der Waals surface area contributed by atoms with Gasteiger partial charge in [-0.25, -0.2) is 4.79 Å². The van der Waals surface area contributed by atoms with Crippen molar-refractivity contribution in [2.45, 2.75) is 13.5 Å². The van der Waals surface area contributed by atoms with Crippen LogP contribution in [0.3, 0.4) is 0 Å². The summed E-state index contributed by atoms with van der Waals surface area (Å²) in [5, 5.41) is 10.3. The number of carboxylic acids is 1. The van der Waals surface area contributed by atoms with Crippen molar-refractivity contribution in [2.24, 2.45) is 0 Å². The smallest absolute Gasteiger partial charge is 0.328 e. The van der Waals surface area contributed by atoms with Crippen molar-refractivity contribution >= 4 is 29.3 Å². The van der Waals surface area contributed by atoms with Crippen molar-refractivity contribution in [3.8, 4) is 0 Å². The monoisotopic (exact) mass is 305 g/mol. The van der Waals surface area contributed by atoms with Gasteiger partial charge in [0.1, 0.15) is 5.76 Å². The summed E-state index contributed by atoms with van der Waals surface area (Å²) >= 11 is 1.33. The predicted octanol–water partition coefficient (Wildman–Crippen LogP) is 3.10. The van der Waals surface area contributed by atoms with Crippen molar-refractivity contribution in [1.82, 2.24) is 4.90 Å². The number of hydrogen-bond donors (Lipinski definition) is 1. The van der Waals surface area contributed by atoms with E-state index >= 15 is 0 Å². The molecule has 110 valence electrons. The van der Waals surface area contributed by atoms with Crippen molar-refractivity contribution in [3.05, 3.63) is 52.1 Å². The van der Waals surface area contributed by atoms with E-state index in [1.54, 1.807) is 28.7 Å². The fraction of sp³-hybridized carbons (Fsp3) is 0.200. The van der Waals surface area contributed by atoms with Gasteiger partial charge in [0.15, 0.2) is 0 Å². The molecule has 0 aromatic carbocycles. The van der Waals surface area contributed by atoms with E-state index in [2.05, 4.69) is 0 Å². The molecule has 0 saturated carbocycles. The van der Waals surface area contributed by atoms with Gasteiger partial charge < -0.3 is 14.4 Å². The molecule has 21 heavy (non-hydrogen) atoms. The maximum atomic E-state index is 12.4. The normalized spacial score (nSPS) is 10.9.